The Balaban J connectivity index is 2.64. The number of carbonyl (C=O) groups excluding carboxylic acids is 1. The largest absolute Gasteiger partial charge is 0.524 e. The molecule has 1 aromatic rings. The van der Waals surface area contributed by atoms with Crippen LogP contribution in [0.2, 0.25) is 0 Å². The molecule has 0 aromatic heterocycles. The summed E-state index contributed by atoms with van der Waals surface area (Å²) in [6.45, 7) is 3.91. The van der Waals surface area contributed by atoms with Crippen molar-refractivity contribution < 1.29 is 22.1 Å². The second kappa shape index (κ2) is 6.39. The number of unbranched alkanes of at least 4 members (excludes halogenated alkanes) is 1. The van der Waals surface area contributed by atoms with E-state index in [1.54, 1.807) is 12.1 Å². The van der Waals surface area contributed by atoms with E-state index < -0.39 is 16.3 Å². The minimum atomic E-state index is -4.09. The molecular formula is C12H16O5S. The first-order valence-corrected chi connectivity index (χ1v) is 7.04. The van der Waals surface area contributed by atoms with Gasteiger partial charge in [0.2, 0.25) is 0 Å². The molecule has 0 bridgehead atoms. The van der Waals surface area contributed by atoms with Crippen molar-refractivity contribution in [3.63, 3.8) is 0 Å². The molecule has 0 heterocycles. The van der Waals surface area contributed by atoms with Crippen molar-refractivity contribution in [1.29, 1.82) is 0 Å². The third-order valence-corrected chi connectivity index (χ3v) is 3.41. The van der Waals surface area contributed by atoms with Gasteiger partial charge in [-0.25, -0.2) is 4.79 Å². The second-order valence-corrected chi connectivity index (χ2v) is 5.35. The molecule has 0 aliphatic carbocycles. The molecule has 18 heavy (non-hydrogen) atoms. The van der Waals surface area contributed by atoms with E-state index >= 15 is 0 Å². The van der Waals surface area contributed by atoms with Crippen molar-refractivity contribution >= 4 is 16.3 Å². The molecule has 5 nitrogen and oxygen atoms in total. The van der Waals surface area contributed by atoms with Gasteiger partial charge in [0.05, 0.1) is 6.61 Å². The van der Waals surface area contributed by atoms with Gasteiger partial charge in [0.15, 0.2) is 0 Å². The summed E-state index contributed by atoms with van der Waals surface area (Å²) in [5, 5.41) is 0. The van der Waals surface area contributed by atoms with Gasteiger partial charge >= 0.3 is 16.3 Å². The number of carbonyl (C=O) groups is 1. The van der Waals surface area contributed by atoms with E-state index in [0.717, 1.165) is 12.0 Å². The maximum atomic E-state index is 11.7. The predicted molar refractivity (Wildman–Crippen MR) is 65.7 cm³/mol. The molecule has 0 saturated heterocycles. The zero-order chi connectivity index (χ0) is 13.6. The van der Waals surface area contributed by atoms with E-state index in [4.69, 9.17) is 0 Å². The average Bonchev–Trinajstić information content (AvgIpc) is 2.29. The molecule has 1 rings (SSSR count). The summed E-state index contributed by atoms with van der Waals surface area (Å²) < 4.78 is 32.3. The molecule has 6 heteroatoms. The molecule has 0 unspecified atom stereocenters. The highest BCUT2D eigenvalue weighted by Gasteiger charge is 2.20. The Bertz CT molecular complexity index is 490. The highest BCUT2D eigenvalue weighted by atomic mass is 32.2. The van der Waals surface area contributed by atoms with E-state index in [1.165, 1.54) is 12.1 Å². The van der Waals surface area contributed by atoms with Crippen molar-refractivity contribution in [2.24, 2.45) is 0 Å². The number of hydrogen-bond acceptors (Lipinski definition) is 5. The van der Waals surface area contributed by atoms with Crippen molar-refractivity contribution in [3.8, 4) is 0 Å². The SMILES string of the molecule is CCCCOC(=O)OS(=O)(=O)c1ccc(C)cc1. The second-order valence-electron chi connectivity index (χ2n) is 3.80. The van der Waals surface area contributed by atoms with Crippen LogP contribution in [-0.4, -0.2) is 21.2 Å². The number of rotatable bonds is 5. The topological polar surface area (TPSA) is 69.7 Å². The van der Waals surface area contributed by atoms with E-state index in [0.29, 0.717) is 6.42 Å². The van der Waals surface area contributed by atoms with Gasteiger partial charge < -0.3 is 8.92 Å². The third kappa shape index (κ3) is 4.37. The molecule has 0 radical (unpaired) electrons. The van der Waals surface area contributed by atoms with Crippen LogP contribution < -0.4 is 0 Å². The highest BCUT2D eigenvalue weighted by molar-refractivity contribution is 7.87. The number of aryl methyl sites for hydroxylation is 1. The van der Waals surface area contributed by atoms with Gasteiger partial charge in [-0.3, -0.25) is 0 Å². The van der Waals surface area contributed by atoms with Crippen molar-refractivity contribution in [2.75, 3.05) is 6.61 Å². The fourth-order valence-corrected chi connectivity index (χ4v) is 1.96. The first-order valence-electron chi connectivity index (χ1n) is 5.63. The third-order valence-electron chi connectivity index (χ3n) is 2.21. The number of hydrogen-bond donors (Lipinski definition) is 0. The summed E-state index contributed by atoms with van der Waals surface area (Å²) in [6, 6.07) is 6.01. The van der Waals surface area contributed by atoms with Crippen LogP contribution in [-0.2, 0) is 19.0 Å². The first kappa shape index (κ1) is 14.5. The lowest BCUT2D eigenvalue weighted by Crippen LogP contribution is -2.15. The summed E-state index contributed by atoms with van der Waals surface area (Å²) in [5.74, 6) is 0. The lowest BCUT2D eigenvalue weighted by Gasteiger charge is -2.06. The summed E-state index contributed by atoms with van der Waals surface area (Å²) in [4.78, 5) is 11.1. The van der Waals surface area contributed by atoms with E-state index in [9.17, 15) is 13.2 Å². The van der Waals surface area contributed by atoms with Crippen molar-refractivity contribution in [2.45, 2.75) is 31.6 Å². The minimum Gasteiger partial charge on any atom is -0.433 e. The molecule has 1 aromatic carbocycles. The Hall–Kier alpha value is -1.56. The maximum Gasteiger partial charge on any atom is 0.524 e. The van der Waals surface area contributed by atoms with Crippen LogP contribution in [0, 0.1) is 6.92 Å². The van der Waals surface area contributed by atoms with E-state index in [1.807, 2.05) is 13.8 Å². The Morgan fingerprint density at radius 1 is 1.22 bits per heavy atom. The van der Waals surface area contributed by atoms with Crippen molar-refractivity contribution in [1.82, 2.24) is 0 Å². The predicted octanol–water partition coefficient (Wildman–Crippen LogP) is 2.64. The smallest absolute Gasteiger partial charge is 0.433 e. The molecule has 0 amide bonds. The van der Waals surface area contributed by atoms with Gasteiger partial charge in [0.25, 0.3) is 0 Å². The molecule has 0 fully saturated rings. The van der Waals surface area contributed by atoms with Gasteiger partial charge in [0.1, 0.15) is 4.90 Å². The van der Waals surface area contributed by atoms with Crippen LogP contribution in [0.25, 0.3) is 0 Å². The molecule has 100 valence electrons. The lowest BCUT2D eigenvalue weighted by molar-refractivity contribution is 0.100. The Morgan fingerprint density at radius 3 is 2.39 bits per heavy atom. The zero-order valence-corrected chi connectivity index (χ0v) is 11.2. The van der Waals surface area contributed by atoms with Gasteiger partial charge in [-0.1, -0.05) is 31.0 Å². The van der Waals surface area contributed by atoms with Crippen LogP contribution in [0.5, 0.6) is 0 Å². The average molecular weight is 272 g/mol. The van der Waals surface area contributed by atoms with Gasteiger partial charge in [-0.15, -0.1) is 0 Å². The van der Waals surface area contributed by atoms with Crippen molar-refractivity contribution in [3.05, 3.63) is 29.8 Å². The van der Waals surface area contributed by atoms with Crippen LogP contribution >= 0.6 is 0 Å². The zero-order valence-electron chi connectivity index (χ0n) is 10.4. The summed E-state index contributed by atoms with van der Waals surface area (Å²) in [5.41, 5.74) is 0.916. The van der Waals surface area contributed by atoms with E-state index in [-0.39, 0.29) is 11.5 Å². The minimum absolute atomic E-state index is 0.0689. The monoisotopic (exact) mass is 272 g/mol. The van der Waals surface area contributed by atoms with Gasteiger partial charge in [0, 0.05) is 0 Å². The summed E-state index contributed by atoms with van der Waals surface area (Å²) in [6.07, 6.45) is 0.321. The molecule has 0 spiro atoms. The molecule has 0 saturated carbocycles. The Kier molecular flexibility index (Phi) is 5.15. The quantitative estimate of drug-likeness (QED) is 0.468. The molecule has 0 atom stereocenters. The van der Waals surface area contributed by atoms with Crippen LogP contribution in [0.4, 0.5) is 4.79 Å². The van der Waals surface area contributed by atoms with Crippen LogP contribution in [0.15, 0.2) is 29.2 Å². The van der Waals surface area contributed by atoms with Crippen LogP contribution in [0.3, 0.4) is 0 Å². The molecule has 0 N–H and O–H groups in total. The fraction of sp³-hybridized carbons (Fsp3) is 0.417. The fourth-order valence-electron chi connectivity index (χ4n) is 1.17. The van der Waals surface area contributed by atoms with Gasteiger partial charge in [-0.2, -0.15) is 8.42 Å². The Morgan fingerprint density at radius 2 is 1.83 bits per heavy atom. The first-order chi connectivity index (χ1) is 8.45. The molecular weight excluding hydrogens is 256 g/mol. The molecule has 0 aliphatic heterocycles. The summed E-state index contributed by atoms with van der Waals surface area (Å²) >= 11 is 0. The Labute approximate surface area is 107 Å². The number of benzene rings is 1. The van der Waals surface area contributed by atoms with Gasteiger partial charge in [-0.05, 0) is 25.5 Å². The number of ether oxygens (including phenoxy) is 1. The summed E-state index contributed by atoms with van der Waals surface area (Å²) in [7, 11) is -4.09. The highest BCUT2D eigenvalue weighted by Crippen LogP contribution is 2.13. The normalized spacial score (nSPS) is 11.0. The van der Waals surface area contributed by atoms with E-state index in [2.05, 4.69) is 8.92 Å². The maximum absolute atomic E-state index is 11.7. The molecule has 0 aliphatic rings. The standard InChI is InChI=1S/C12H16O5S/c1-3-4-9-16-12(13)17-18(14,15)11-7-5-10(2)6-8-11/h5-8H,3-4,9H2,1-2H3. The van der Waals surface area contributed by atoms with Crippen LogP contribution in [0.1, 0.15) is 25.3 Å². The lowest BCUT2D eigenvalue weighted by atomic mass is 10.2.